The van der Waals surface area contributed by atoms with Gasteiger partial charge < -0.3 is 15.9 Å². The predicted molar refractivity (Wildman–Crippen MR) is 72.2 cm³/mol. The van der Waals surface area contributed by atoms with Crippen molar-refractivity contribution in [2.24, 2.45) is 10.9 Å². The predicted octanol–water partition coefficient (Wildman–Crippen LogP) is 1.34. The van der Waals surface area contributed by atoms with Crippen LogP contribution < -0.4 is 11.3 Å². The highest BCUT2D eigenvalue weighted by molar-refractivity contribution is 8.00. The Morgan fingerprint density at radius 1 is 1.67 bits per heavy atom. The van der Waals surface area contributed by atoms with Crippen molar-refractivity contribution in [3.63, 3.8) is 0 Å². The number of nitrogens with zero attached hydrogens (tertiary/aromatic N) is 2. The van der Waals surface area contributed by atoms with E-state index in [2.05, 4.69) is 15.1 Å². The Morgan fingerprint density at radius 2 is 2.39 bits per heavy atom. The fourth-order valence-electron chi connectivity index (χ4n) is 1.48. The molecular formula is C11H18N4O2S. The molecule has 0 saturated carbocycles. The van der Waals surface area contributed by atoms with Gasteiger partial charge in [0.05, 0.1) is 5.25 Å². The first-order valence-electron chi connectivity index (χ1n) is 5.85. The molecule has 7 heteroatoms. The molecule has 0 aliphatic rings. The largest absolute Gasteiger partial charge is 0.409 e. The van der Waals surface area contributed by atoms with Crippen molar-refractivity contribution in [1.29, 1.82) is 0 Å². The lowest BCUT2D eigenvalue weighted by atomic mass is 10.2. The molecule has 0 radical (unpaired) electrons. The highest BCUT2D eigenvalue weighted by Crippen LogP contribution is 2.21. The van der Waals surface area contributed by atoms with E-state index in [1.807, 2.05) is 13.8 Å². The molecule has 1 atom stereocenters. The van der Waals surface area contributed by atoms with Gasteiger partial charge >= 0.3 is 0 Å². The van der Waals surface area contributed by atoms with Gasteiger partial charge in [-0.25, -0.2) is 4.98 Å². The first-order chi connectivity index (χ1) is 8.60. The third-order valence-electron chi connectivity index (χ3n) is 2.35. The molecule has 4 N–H and O–H groups in total. The van der Waals surface area contributed by atoms with Gasteiger partial charge in [-0.3, -0.25) is 4.79 Å². The minimum absolute atomic E-state index is 0.131. The van der Waals surface area contributed by atoms with Crippen LogP contribution in [0.1, 0.15) is 32.4 Å². The summed E-state index contributed by atoms with van der Waals surface area (Å²) in [5, 5.41) is 12.0. The molecule has 0 aliphatic carbocycles. The topological polar surface area (TPSA) is 104 Å². The zero-order valence-electron chi connectivity index (χ0n) is 10.5. The van der Waals surface area contributed by atoms with E-state index in [-0.39, 0.29) is 16.6 Å². The third kappa shape index (κ3) is 4.06. The highest BCUT2D eigenvalue weighted by atomic mass is 32.2. The van der Waals surface area contributed by atoms with Crippen LogP contribution in [-0.2, 0) is 6.42 Å². The Morgan fingerprint density at radius 3 is 2.94 bits per heavy atom. The zero-order chi connectivity index (χ0) is 13.5. The lowest BCUT2D eigenvalue weighted by molar-refractivity contribution is 0.317. The fraction of sp³-hybridized carbons (Fsp3) is 0.545. The average molecular weight is 270 g/mol. The number of hydrogen-bond acceptors (Lipinski definition) is 5. The van der Waals surface area contributed by atoms with Gasteiger partial charge in [-0.15, -0.1) is 0 Å². The minimum Gasteiger partial charge on any atom is -0.409 e. The number of rotatable bonds is 6. The van der Waals surface area contributed by atoms with E-state index in [1.54, 1.807) is 0 Å². The monoisotopic (exact) mass is 270 g/mol. The number of nitrogens with one attached hydrogen (secondary N) is 1. The van der Waals surface area contributed by atoms with Gasteiger partial charge in [0.25, 0.3) is 5.56 Å². The molecule has 6 nitrogen and oxygen atoms in total. The van der Waals surface area contributed by atoms with Crippen molar-refractivity contribution < 1.29 is 5.21 Å². The molecule has 1 aromatic heterocycles. The summed E-state index contributed by atoms with van der Waals surface area (Å²) in [5.74, 6) is 0.131. The maximum absolute atomic E-state index is 11.5. The van der Waals surface area contributed by atoms with Gasteiger partial charge in [0.1, 0.15) is 0 Å². The molecular weight excluding hydrogens is 252 g/mol. The fourth-order valence-corrected chi connectivity index (χ4v) is 2.41. The van der Waals surface area contributed by atoms with Crippen LogP contribution in [-0.4, -0.2) is 26.3 Å². The number of aromatic nitrogens is 2. The second-order valence-corrected chi connectivity index (χ2v) is 5.02. The minimum atomic E-state index is -0.199. The number of H-pyrrole nitrogens is 1. The Balaban J connectivity index is 2.92. The van der Waals surface area contributed by atoms with Gasteiger partial charge in [-0.2, -0.15) is 0 Å². The molecule has 0 aliphatic heterocycles. The van der Waals surface area contributed by atoms with E-state index in [4.69, 9.17) is 10.9 Å². The standard InChI is InChI=1S/C11H18N4O2S/c1-3-5-7-6-9(16)14-11(13-7)18-8(4-2)10(12)15-17/h6,8,17H,3-5H2,1-2H3,(H2,12,15)(H,13,14,16). The molecule has 100 valence electrons. The molecule has 18 heavy (non-hydrogen) atoms. The molecule has 1 heterocycles. The van der Waals surface area contributed by atoms with Crippen molar-refractivity contribution in [3.05, 3.63) is 22.1 Å². The van der Waals surface area contributed by atoms with Crippen LogP contribution in [0.25, 0.3) is 0 Å². The molecule has 0 amide bonds. The summed E-state index contributed by atoms with van der Waals surface area (Å²) in [6.45, 7) is 3.95. The summed E-state index contributed by atoms with van der Waals surface area (Å²) in [6.07, 6.45) is 2.37. The quantitative estimate of drug-likeness (QED) is 0.181. The molecule has 0 aromatic carbocycles. The normalized spacial score (nSPS) is 13.6. The number of amidine groups is 1. The van der Waals surface area contributed by atoms with E-state index in [1.165, 1.54) is 17.8 Å². The number of nitrogens with two attached hydrogens (primary N) is 1. The summed E-state index contributed by atoms with van der Waals surface area (Å²) in [5.41, 5.74) is 6.16. The first kappa shape index (κ1) is 14.6. The first-order valence-corrected chi connectivity index (χ1v) is 6.73. The number of aryl methyl sites for hydroxylation is 1. The molecule has 0 fully saturated rings. The van der Waals surface area contributed by atoms with E-state index in [0.717, 1.165) is 18.5 Å². The van der Waals surface area contributed by atoms with Crippen LogP contribution in [0.5, 0.6) is 0 Å². The van der Waals surface area contributed by atoms with Crippen molar-refractivity contribution in [1.82, 2.24) is 9.97 Å². The van der Waals surface area contributed by atoms with Crippen molar-refractivity contribution in [2.75, 3.05) is 0 Å². The Hall–Kier alpha value is -1.50. The average Bonchev–Trinajstić information content (AvgIpc) is 2.34. The van der Waals surface area contributed by atoms with Gasteiger partial charge in [-0.05, 0) is 12.8 Å². The van der Waals surface area contributed by atoms with Crippen LogP contribution in [0.15, 0.2) is 21.2 Å². The summed E-state index contributed by atoms with van der Waals surface area (Å²) >= 11 is 1.29. The number of oxime groups is 1. The smallest absolute Gasteiger partial charge is 0.251 e. The SMILES string of the molecule is CCCc1cc(=O)[nH]c(SC(CC)C(N)=NO)n1. The van der Waals surface area contributed by atoms with Crippen molar-refractivity contribution >= 4 is 17.6 Å². The molecule has 1 aromatic rings. The summed E-state index contributed by atoms with van der Waals surface area (Å²) in [7, 11) is 0. The number of aromatic amines is 1. The zero-order valence-corrected chi connectivity index (χ0v) is 11.3. The van der Waals surface area contributed by atoms with E-state index >= 15 is 0 Å². The second kappa shape index (κ2) is 7.05. The summed E-state index contributed by atoms with van der Waals surface area (Å²) in [4.78, 5) is 18.5. The third-order valence-corrected chi connectivity index (χ3v) is 3.63. The van der Waals surface area contributed by atoms with Gasteiger partial charge in [-0.1, -0.05) is 37.2 Å². The second-order valence-electron chi connectivity index (χ2n) is 3.83. The summed E-state index contributed by atoms with van der Waals surface area (Å²) in [6, 6.07) is 1.50. The van der Waals surface area contributed by atoms with Crippen LogP contribution in [0, 0.1) is 0 Å². The molecule has 0 spiro atoms. The number of hydrogen-bond donors (Lipinski definition) is 3. The van der Waals surface area contributed by atoms with Crippen LogP contribution >= 0.6 is 11.8 Å². The lowest BCUT2D eigenvalue weighted by Gasteiger charge is -2.12. The Labute approximate surface area is 110 Å². The van der Waals surface area contributed by atoms with Gasteiger partial charge in [0.15, 0.2) is 11.0 Å². The maximum atomic E-state index is 11.5. The summed E-state index contributed by atoms with van der Waals surface area (Å²) < 4.78 is 0. The maximum Gasteiger partial charge on any atom is 0.251 e. The number of thioether (sulfide) groups is 1. The molecule has 1 unspecified atom stereocenters. The van der Waals surface area contributed by atoms with E-state index in [0.29, 0.717) is 11.6 Å². The lowest BCUT2D eigenvalue weighted by Crippen LogP contribution is -2.26. The van der Waals surface area contributed by atoms with Gasteiger partial charge in [0, 0.05) is 11.8 Å². The Bertz CT molecular complexity index is 472. The molecule has 0 bridgehead atoms. The van der Waals surface area contributed by atoms with Crippen molar-refractivity contribution in [3.8, 4) is 0 Å². The van der Waals surface area contributed by atoms with Gasteiger partial charge in [0.2, 0.25) is 0 Å². The van der Waals surface area contributed by atoms with E-state index < -0.39 is 0 Å². The van der Waals surface area contributed by atoms with Crippen molar-refractivity contribution in [2.45, 2.75) is 43.5 Å². The molecule has 1 rings (SSSR count). The molecule has 0 saturated heterocycles. The van der Waals surface area contributed by atoms with Crippen LogP contribution in [0.3, 0.4) is 0 Å². The van der Waals surface area contributed by atoms with E-state index in [9.17, 15) is 4.79 Å². The van der Waals surface area contributed by atoms with Crippen LogP contribution in [0.2, 0.25) is 0 Å². The Kier molecular flexibility index (Phi) is 5.70. The highest BCUT2D eigenvalue weighted by Gasteiger charge is 2.15. The van der Waals surface area contributed by atoms with Crippen LogP contribution in [0.4, 0.5) is 0 Å².